The van der Waals surface area contributed by atoms with E-state index in [4.69, 9.17) is 4.74 Å². The standard InChI is InChI=1S/C29H39NO4S/c1-22(10-5-3-6-11-23-12-7-4-8-13-23)26(31)18-15-24-16-20-28(32)30(24)21-9-14-25-17-19-27(35-25)29(33)34-2/h4,7-8,12-13,15,17-19,22,24,26,31H,3,5-6,9-11,14,16,20-21H2,1-2H3/t22-,24-,26+/m0/s1. The normalized spacial score (nSPS) is 17.7. The molecule has 1 fully saturated rings. The van der Waals surface area contributed by atoms with Gasteiger partial charge in [-0.15, -0.1) is 11.3 Å². The lowest BCUT2D eigenvalue weighted by atomic mass is 9.95. The fourth-order valence-electron chi connectivity index (χ4n) is 4.61. The minimum absolute atomic E-state index is 0.0594. The number of carbonyl (C=O) groups excluding carboxylic acids is 2. The zero-order valence-electron chi connectivity index (χ0n) is 21.0. The number of unbranched alkanes of at least 4 members (excludes halogenated alkanes) is 2. The number of ether oxygens (including phenoxy) is 1. The zero-order valence-corrected chi connectivity index (χ0v) is 21.8. The van der Waals surface area contributed by atoms with Gasteiger partial charge in [0.2, 0.25) is 5.91 Å². The number of aliphatic hydroxyl groups is 1. The number of aryl methyl sites for hydroxylation is 2. The molecule has 0 unspecified atom stereocenters. The third-order valence-electron chi connectivity index (χ3n) is 6.83. The first-order valence-electron chi connectivity index (χ1n) is 12.8. The molecule has 2 aromatic rings. The first kappa shape index (κ1) is 27.2. The van der Waals surface area contributed by atoms with Gasteiger partial charge in [0.1, 0.15) is 4.88 Å². The Morgan fingerprint density at radius 2 is 1.94 bits per heavy atom. The van der Waals surface area contributed by atoms with Gasteiger partial charge in [0, 0.05) is 17.8 Å². The highest BCUT2D eigenvalue weighted by molar-refractivity contribution is 7.13. The molecule has 0 aliphatic carbocycles. The number of hydrogen-bond donors (Lipinski definition) is 1. The van der Waals surface area contributed by atoms with E-state index in [9.17, 15) is 14.7 Å². The Hall–Kier alpha value is -2.44. The summed E-state index contributed by atoms with van der Waals surface area (Å²) in [4.78, 5) is 27.7. The van der Waals surface area contributed by atoms with Crippen molar-refractivity contribution in [2.45, 2.75) is 76.9 Å². The van der Waals surface area contributed by atoms with Gasteiger partial charge in [-0.25, -0.2) is 4.79 Å². The van der Waals surface area contributed by atoms with E-state index in [-0.39, 0.29) is 23.8 Å². The molecule has 1 aromatic carbocycles. The molecule has 1 aliphatic heterocycles. The molecule has 35 heavy (non-hydrogen) atoms. The summed E-state index contributed by atoms with van der Waals surface area (Å²) in [6.07, 6.45) is 12.1. The second kappa shape index (κ2) is 14.2. The van der Waals surface area contributed by atoms with Crippen LogP contribution in [0, 0.1) is 5.92 Å². The lowest BCUT2D eigenvalue weighted by Crippen LogP contribution is -2.33. The van der Waals surface area contributed by atoms with Crippen LogP contribution in [-0.4, -0.2) is 47.7 Å². The third-order valence-corrected chi connectivity index (χ3v) is 7.95. The average Bonchev–Trinajstić information content (AvgIpc) is 3.49. The summed E-state index contributed by atoms with van der Waals surface area (Å²) >= 11 is 1.45. The van der Waals surface area contributed by atoms with Crippen molar-refractivity contribution in [3.8, 4) is 0 Å². The Morgan fingerprint density at radius 1 is 1.14 bits per heavy atom. The van der Waals surface area contributed by atoms with E-state index in [2.05, 4.69) is 37.3 Å². The Kier molecular flexibility index (Phi) is 11.0. The van der Waals surface area contributed by atoms with Crippen LogP contribution < -0.4 is 0 Å². The molecule has 0 spiro atoms. The summed E-state index contributed by atoms with van der Waals surface area (Å²) in [6, 6.07) is 14.4. The first-order valence-corrected chi connectivity index (χ1v) is 13.7. The van der Waals surface area contributed by atoms with E-state index in [1.807, 2.05) is 23.1 Å². The van der Waals surface area contributed by atoms with Gasteiger partial charge in [-0.05, 0) is 62.1 Å². The van der Waals surface area contributed by atoms with Crippen LogP contribution in [0.3, 0.4) is 0 Å². The van der Waals surface area contributed by atoms with Gasteiger partial charge >= 0.3 is 5.97 Å². The highest BCUT2D eigenvalue weighted by Crippen LogP contribution is 2.24. The van der Waals surface area contributed by atoms with E-state index in [1.54, 1.807) is 6.07 Å². The first-order chi connectivity index (χ1) is 17.0. The quantitative estimate of drug-likeness (QED) is 0.203. The molecule has 3 rings (SSSR count). The minimum Gasteiger partial charge on any atom is -0.465 e. The number of esters is 1. The Bertz CT molecular complexity index is 955. The average molecular weight is 498 g/mol. The Morgan fingerprint density at radius 3 is 2.71 bits per heavy atom. The number of amides is 1. The van der Waals surface area contributed by atoms with Crippen molar-refractivity contribution in [3.05, 3.63) is 69.9 Å². The van der Waals surface area contributed by atoms with Crippen LogP contribution >= 0.6 is 11.3 Å². The van der Waals surface area contributed by atoms with Gasteiger partial charge in [0.25, 0.3) is 0 Å². The van der Waals surface area contributed by atoms with Crippen molar-refractivity contribution in [2.75, 3.05) is 13.7 Å². The molecule has 190 valence electrons. The van der Waals surface area contributed by atoms with Gasteiger partial charge in [0.05, 0.1) is 19.3 Å². The predicted molar refractivity (Wildman–Crippen MR) is 142 cm³/mol. The van der Waals surface area contributed by atoms with Crippen molar-refractivity contribution >= 4 is 23.2 Å². The summed E-state index contributed by atoms with van der Waals surface area (Å²) < 4.78 is 4.77. The molecule has 1 N–H and O–H groups in total. The fourth-order valence-corrected chi connectivity index (χ4v) is 5.58. The van der Waals surface area contributed by atoms with Crippen LogP contribution in [0.15, 0.2) is 54.6 Å². The second-order valence-electron chi connectivity index (χ2n) is 9.49. The fraction of sp³-hybridized carbons (Fsp3) is 0.517. The van der Waals surface area contributed by atoms with Gasteiger partial charge in [-0.3, -0.25) is 4.79 Å². The number of nitrogens with zero attached hydrogens (tertiary/aromatic N) is 1. The number of thiophene rings is 1. The topological polar surface area (TPSA) is 66.8 Å². The van der Waals surface area contributed by atoms with E-state index < -0.39 is 6.10 Å². The molecule has 2 heterocycles. The Balaban J connectivity index is 1.37. The third kappa shape index (κ3) is 8.62. The summed E-state index contributed by atoms with van der Waals surface area (Å²) in [5.74, 6) is 0.0829. The highest BCUT2D eigenvalue weighted by Gasteiger charge is 2.28. The van der Waals surface area contributed by atoms with Crippen molar-refractivity contribution in [3.63, 3.8) is 0 Å². The summed E-state index contributed by atoms with van der Waals surface area (Å²) in [7, 11) is 1.39. The van der Waals surface area contributed by atoms with Gasteiger partial charge in [-0.1, -0.05) is 62.2 Å². The molecule has 1 saturated heterocycles. The Labute approximate surface area is 213 Å². The maximum Gasteiger partial charge on any atom is 0.348 e. The van der Waals surface area contributed by atoms with E-state index in [1.165, 1.54) is 36.9 Å². The number of methoxy groups -OCH3 is 1. The van der Waals surface area contributed by atoms with Crippen LogP contribution in [0.4, 0.5) is 0 Å². The minimum atomic E-state index is -0.482. The highest BCUT2D eigenvalue weighted by atomic mass is 32.1. The lowest BCUT2D eigenvalue weighted by molar-refractivity contribution is -0.128. The molecule has 1 aliphatic rings. The number of aliphatic hydroxyl groups excluding tert-OH is 1. The summed E-state index contributed by atoms with van der Waals surface area (Å²) in [5, 5.41) is 10.6. The van der Waals surface area contributed by atoms with Crippen molar-refractivity contribution in [2.24, 2.45) is 5.92 Å². The van der Waals surface area contributed by atoms with Crippen LogP contribution in [0.25, 0.3) is 0 Å². The maximum absolute atomic E-state index is 12.4. The zero-order chi connectivity index (χ0) is 25.0. The lowest BCUT2D eigenvalue weighted by Gasteiger charge is -2.23. The van der Waals surface area contributed by atoms with Crippen LogP contribution in [0.1, 0.15) is 72.0 Å². The van der Waals surface area contributed by atoms with E-state index in [0.29, 0.717) is 17.8 Å². The van der Waals surface area contributed by atoms with E-state index in [0.717, 1.165) is 43.4 Å². The van der Waals surface area contributed by atoms with Crippen molar-refractivity contribution < 1.29 is 19.4 Å². The van der Waals surface area contributed by atoms with Crippen LogP contribution in [0.5, 0.6) is 0 Å². The molecule has 3 atom stereocenters. The molecule has 0 bridgehead atoms. The van der Waals surface area contributed by atoms with Crippen LogP contribution in [0.2, 0.25) is 0 Å². The molecule has 0 saturated carbocycles. The number of carbonyl (C=O) groups is 2. The maximum atomic E-state index is 12.4. The molecule has 0 radical (unpaired) electrons. The molecule has 6 heteroatoms. The SMILES string of the molecule is COC(=O)c1ccc(CCCN2C(=O)CC[C@@H]2C=C[C@@H](O)[C@@H](C)CCCCCc2ccccc2)s1. The monoisotopic (exact) mass is 497 g/mol. The molecule has 1 aromatic heterocycles. The smallest absolute Gasteiger partial charge is 0.348 e. The summed E-state index contributed by atoms with van der Waals surface area (Å²) in [6.45, 7) is 2.79. The van der Waals surface area contributed by atoms with Crippen LogP contribution in [-0.2, 0) is 22.4 Å². The van der Waals surface area contributed by atoms with Crippen molar-refractivity contribution in [1.82, 2.24) is 4.90 Å². The van der Waals surface area contributed by atoms with Gasteiger partial charge in [0.15, 0.2) is 0 Å². The van der Waals surface area contributed by atoms with Gasteiger partial charge < -0.3 is 14.7 Å². The summed E-state index contributed by atoms with van der Waals surface area (Å²) in [5.41, 5.74) is 1.39. The molecule has 1 amide bonds. The number of likely N-dealkylation sites (tertiary alicyclic amines) is 1. The van der Waals surface area contributed by atoms with Gasteiger partial charge in [-0.2, -0.15) is 0 Å². The second-order valence-corrected chi connectivity index (χ2v) is 10.7. The number of benzene rings is 1. The molecule has 5 nitrogen and oxygen atoms in total. The largest absolute Gasteiger partial charge is 0.465 e. The number of rotatable bonds is 14. The molecular weight excluding hydrogens is 458 g/mol. The number of hydrogen-bond acceptors (Lipinski definition) is 5. The predicted octanol–water partition coefficient (Wildman–Crippen LogP) is 5.81. The van der Waals surface area contributed by atoms with E-state index >= 15 is 0 Å². The molecular formula is C29H39NO4S. The van der Waals surface area contributed by atoms with Crippen molar-refractivity contribution in [1.29, 1.82) is 0 Å².